The van der Waals surface area contributed by atoms with E-state index in [0.717, 1.165) is 130 Å². The van der Waals surface area contributed by atoms with E-state index in [4.69, 9.17) is 18.9 Å². The summed E-state index contributed by atoms with van der Waals surface area (Å²) in [5.41, 5.74) is 16.6. The number of rotatable bonds is 8. The number of phenols is 4. The highest BCUT2D eigenvalue weighted by molar-refractivity contribution is 14.1. The van der Waals surface area contributed by atoms with Gasteiger partial charge in [-0.25, -0.2) is 0 Å². The predicted octanol–water partition coefficient (Wildman–Crippen LogP) is 41.3. The normalized spacial score (nSPS) is 11.3. The fraction of sp³-hybridized carbons (Fsp3) is 0.316. The second kappa shape index (κ2) is 56.9. The zero-order chi connectivity index (χ0) is 104. The summed E-state index contributed by atoms with van der Waals surface area (Å²) in [5.74, 6) is 5.14. The van der Waals surface area contributed by atoms with E-state index in [1.54, 1.807) is 34.5 Å². The van der Waals surface area contributed by atoms with Crippen LogP contribution in [0, 0.1) is 7.14 Å². The monoisotopic (exact) mass is 2840 g/mol. The molecule has 23 heteroatoms. The molecule has 0 saturated carbocycles. The lowest BCUT2D eigenvalue weighted by molar-refractivity contribution is 0.394. The Balaban J connectivity index is 0.000000334. The molecule has 0 heterocycles. The molecule has 736 valence electrons. The molecule has 0 saturated heterocycles. The van der Waals surface area contributed by atoms with Crippen molar-refractivity contribution in [2.75, 3.05) is 28.4 Å². The molecule has 0 aromatic heterocycles. The third-order valence-electron chi connectivity index (χ3n) is 20.8. The SMILES string of the molecule is BrB(Br)Br.Brc1cccc(Br)c1.Brc1cccc(Br)c1I.Brc1cccc(Br)c1I.CC(C)(C)c1cccc(-c2cccc(-c3cccc(C(C)(C)C)c3O)c2)c1O.CC(C)(C)c1cccc(Br)c1O.CC(C)(C)c1ccccc1O.COc1c(-c2cccc(-c3cccc(C(C)(C)C)c3OC)c2)cccc1C(C)(C)C.COc1c(Br)cccc1C(C)(C)C.COc1c(Br)cccc1C(C)(C)C. The minimum Gasteiger partial charge on any atom is -0.508 e. The lowest BCUT2D eigenvalue weighted by atomic mass is 9.83. The highest BCUT2D eigenvalue weighted by atomic mass is 127. The van der Waals surface area contributed by atoms with Gasteiger partial charge in [0.2, 0.25) is 0 Å². The molecule has 0 radical (unpaired) electrons. The summed E-state index contributed by atoms with van der Waals surface area (Å²) < 4.78 is 34.7. The van der Waals surface area contributed by atoms with Crippen LogP contribution in [0.1, 0.15) is 211 Å². The lowest BCUT2D eigenvalue weighted by Crippen LogP contribution is -2.13. The summed E-state index contributed by atoms with van der Waals surface area (Å²) in [6.45, 7) is 51.4. The Hall–Kier alpha value is -4.46. The van der Waals surface area contributed by atoms with Gasteiger partial charge in [-0.1, -0.05) is 380 Å². The van der Waals surface area contributed by atoms with Gasteiger partial charge in [0.1, 0.15) is 46.0 Å². The van der Waals surface area contributed by atoms with Crippen LogP contribution >= 0.6 is 236 Å². The largest absolute Gasteiger partial charge is 0.508 e. The minimum absolute atomic E-state index is 0.00320. The van der Waals surface area contributed by atoms with Gasteiger partial charge in [-0.3, -0.25) is 0 Å². The summed E-state index contributed by atoms with van der Waals surface area (Å²) in [6, 6.07) is 86.7. The summed E-state index contributed by atoms with van der Waals surface area (Å²) >= 11 is 44.4. The van der Waals surface area contributed by atoms with Gasteiger partial charge >= 0.3 is 3.18 Å². The summed E-state index contributed by atoms with van der Waals surface area (Å²) in [6.07, 6.45) is 0. The maximum atomic E-state index is 10.9. The third-order valence-corrected chi connectivity index (χ3v) is 31.6. The molecule has 0 bridgehead atoms. The standard InChI is InChI=1S/C28H34O2.C26H30O2.2C11H15BrO.C10H13BrO.C10H14O.2C6H3Br2I.C6H4Br2.BBr3/c1-27(2,3)23-16-10-14-21(25(23)29-7)19-12-9-13-20(18-19)22-15-11-17-24(26(22)30-8)28(4,5)6;1-25(2,3)21-14-8-12-19(23(21)27)17-10-7-11-18(16-17)20-13-9-15-22(24(20)28)26(4,5)6;2*1-11(2,3)8-6-5-7-9(12)10(8)13-4;1-10(2,3)7-5-4-6-8(11)9(7)12;1-10(2,3)8-6-4-5-7-9(8)11;2*7-4-2-1-3-5(8)6(4)9;7-5-2-1-3-6(8)4-5;2-1(3)4/h9-18H,1-8H3;7-16,27-28H,1-6H3;2*5-7H,1-4H3;4-6,12H,1-3H3;4-7,11H,1-3H3;2*1-3H;1-4H;. The van der Waals surface area contributed by atoms with Crippen molar-refractivity contribution in [1.82, 2.24) is 0 Å². The van der Waals surface area contributed by atoms with E-state index in [-0.39, 0.29) is 46.5 Å². The number of halogens is 14. The number of aromatic hydroxyl groups is 4. The molecular formula is C114H131BBr12I2O8. The predicted molar refractivity (Wildman–Crippen MR) is 649 cm³/mol. The van der Waals surface area contributed by atoms with E-state index in [2.05, 4.69) is 475 Å². The van der Waals surface area contributed by atoms with Crippen LogP contribution in [0.25, 0.3) is 44.5 Å². The van der Waals surface area contributed by atoms with Crippen LogP contribution in [-0.2, 0) is 43.3 Å². The fourth-order valence-electron chi connectivity index (χ4n) is 13.9. The first-order valence-corrected chi connectivity index (χ1v) is 56.1. The molecule has 137 heavy (non-hydrogen) atoms. The van der Waals surface area contributed by atoms with Gasteiger partial charge in [0, 0.05) is 84.0 Å². The topological polar surface area (TPSA) is 118 Å². The first-order valence-electron chi connectivity index (χ1n) is 44.1. The Kier molecular flexibility index (Phi) is 51.8. The van der Waals surface area contributed by atoms with E-state index in [1.807, 2.05) is 182 Å². The zero-order valence-corrected chi connectivity index (χ0v) is 107. The molecule has 0 amide bonds. The van der Waals surface area contributed by atoms with Gasteiger partial charge in [0.05, 0.1) is 41.9 Å². The fourth-order valence-corrected chi connectivity index (χ4v) is 19.1. The molecule has 0 fully saturated rings. The number of benzene rings is 13. The summed E-state index contributed by atoms with van der Waals surface area (Å²) in [4.78, 5) is 0. The van der Waals surface area contributed by atoms with Gasteiger partial charge in [-0.05, 0) is 318 Å². The first-order chi connectivity index (χ1) is 63.4. The molecule has 0 aliphatic carbocycles. The highest BCUT2D eigenvalue weighted by Gasteiger charge is 2.28. The van der Waals surface area contributed by atoms with E-state index in [0.29, 0.717) is 23.0 Å². The zero-order valence-electron chi connectivity index (χ0n) is 83.6. The summed E-state index contributed by atoms with van der Waals surface area (Å²) in [5, 5.41) is 40.9. The second-order valence-corrected chi connectivity index (χ2v) is 56.3. The Morgan fingerprint density at radius 2 is 0.423 bits per heavy atom. The maximum Gasteiger partial charge on any atom is 0.369 e. The van der Waals surface area contributed by atoms with Crippen molar-refractivity contribution in [3.05, 3.63) is 353 Å². The van der Waals surface area contributed by atoms with Crippen LogP contribution in [0.15, 0.2) is 301 Å². The smallest absolute Gasteiger partial charge is 0.369 e. The van der Waals surface area contributed by atoms with E-state index in [1.165, 1.54) is 29.4 Å². The number of phenolic OH excluding ortho intramolecular Hbond substituents is 4. The van der Waals surface area contributed by atoms with Gasteiger partial charge < -0.3 is 39.4 Å². The Morgan fingerprint density at radius 1 is 0.219 bits per heavy atom. The van der Waals surface area contributed by atoms with Crippen molar-refractivity contribution in [1.29, 1.82) is 0 Å². The Bertz CT molecular complexity index is 5700. The number of ether oxygens (including phenoxy) is 4. The van der Waals surface area contributed by atoms with Gasteiger partial charge in [0.25, 0.3) is 0 Å². The van der Waals surface area contributed by atoms with E-state index >= 15 is 0 Å². The number of para-hydroxylation sites is 8. The molecule has 13 rings (SSSR count). The Morgan fingerprint density at radius 3 is 0.657 bits per heavy atom. The second-order valence-electron chi connectivity index (χ2n) is 39.9. The van der Waals surface area contributed by atoms with Gasteiger partial charge in [0.15, 0.2) is 0 Å². The van der Waals surface area contributed by atoms with E-state index in [9.17, 15) is 20.4 Å². The average molecular weight is 2850 g/mol. The first kappa shape index (κ1) is 125. The van der Waals surface area contributed by atoms with Crippen LogP contribution in [0.3, 0.4) is 0 Å². The van der Waals surface area contributed by atoms with Crippen molar-refractivity contribution >= 4 is 239 Å². The molecule has 0 spiro atoms. The van der Waals surface area contributed by atoms with Gasteiger partial charge in [-0.2, -0.15) is 0 Å². The molecule has 8 nitrogen and oxygen atoms in total. The van der Waals surface area contributed by atoms with Crippen molar-refractivity contribution < 1.29 is 39.4 Å². The van der Waals surface area contributed by atoms with Crippen LogP contribution in [0.2, 0.25) is 0 Å². The number of methoxy groups -OCH3 is 4. The quantitative estimate of drug-likeness (QED) is 0.0675. The third kappa shape index (κ3) is 40.1. The highest BCUT2D eigenvalue weighted by Crippen LogP contribution is 2.48. The molecule has 0 unspecified atom stereocenters. The number of hydrogen-bond donors (Lipinski definition) is 4. The van der Waals surface area contributed by atoms with Crippen molar-refractivity contribution in [2.45, 2.75) is 209 Å². The molecule has 13 aromatic rings. The minimum atomic E-state index is -0.142. The van der Waals surface area contributed by atoms with Crippen molar-refractivity contribution in [2.24, 2.45) is 0 Å². The molecule has 4 N–H and O–H groups in total. The van der Waals surface area contributed by atoms with Crippen LogP contribution in [0.4, 0.5) is 0 Å². The molecule has 0 aliphatic heterocycles. The molecule has 0 atom stereocenters. The molecule has 13 aromatic carbocycles. The molecule has 0 aliphatic rings. The van der Waals surface area contributed by atoms with Crippen molar-refractivity contribution in [3.63, 3.8) is 0 Å². The Labute approximate surface area is 947 Å². The molecular weight excluding hydrogens is 2720 g/mol. The van der Waals surface area contributed by atoms with Crippen LogP contribution in [0.5, 0.6) is 46.0 Å². The number of hydrogen-bond acceptors (Lipinski definition) is 8. The van der Waals surface area contributed by atoms with Crippen molar-refractivity contribution in [3.8, 4) is 90.5 Å². The van der Waals surface area contributed by atoms with Crippen LogP contribution < -0.4 is 18.9 Å². The summed E-state index contributed by atoms with van der Waals surface area (Å²) in [7, 11) is 6.92. The average Bonchev–Trinajstić information content (AvgIpc) is 0.777. The maximum absolute atomic E-state index is 10.9. The van der Waals surface area contributed by atoms with Crippen LogP contribution in [-0.4, -0.2) is 52.1 Å². The van der Waals surface area contributed by atoms with Gasteiger partial charge in [-0.15, -0.1) is 47.3 Å². The van der Waals surface area contributed by atoms with E-state index < -0.39 is 0 Å². The lowest BCUT2D eigenvalue weighted by Gasteiger charge is -2.25.